The predicted molar refractivity (Wildman–Crippen MR) is 91.5 cm³/mol. The normalized spacial score (nSPS) is 12.6. The lowest BCUT2D eigenvalue weighted by molar-refractivity contribution is 0.183. The number of aromatic nitrogens is 2. The minimum absolute atomic E-state index is 0.0850. The van der Waals surface area contributed by atoms with Gasteiger partial charge in [0.2, 0.25) is 0 Å². The maximum Gasteiger partial charge on any atom is 0.131 e. The molecule has 1 aromatic heterocycles. The van der Waals surface area contributed by atoms with E-state index in [1.165, 1.54) is 13.2 Å². The van der Waals surface area contributed by atoms with Crippen LogP contribution >= 0.6 is 0 Å². The van der Waals surface area contributed by atoms with Crippen LogP contribution in [0, 0.1) is 11.7 Å². The second kappa shape index (κ2) is 8.80. The average molecular weight is 335 g/mol. The Kier molecular flexibility index (Phi) is 6.75. The number of rotatable bonds is 9. The van der Waals surface area contributed by atoms with Gasteiger partial charge < -0.3 is 14.8 Å². The molecule has 0 amide bonds. The molecular weight excluding hydrogens is 309 g/mol. The fraction of sp³-hybridized carbons (Fsp3) is 0.500. The first-order chi connectivity index (χ1) is 11.5. The van der Waals surface area contributed by atoms with Crippen molar-refractivity contribution in [3.8, 4) is 5.75 Å². The molecule has 1 heterocycles. The summed E-state index contributed by atoms with van der Waals surface area (Å²) >= 11 is 0. The van der Waals surface area contributed by atoms with Crippen molar-refractivity contribution < 1.29 is 13.9 Å². The highest BCUT2D eigenvalue weighted by molar-refractivity contribution is 5.31. The van der Waals surface area contributed by atoms with Crippen LogP contribution in [0.2, 0.25) is 0 Å². The first-order valence-electron chi connectivity index (χ1n) is 8.12. The van der Waals surface area contributed by atoms with Crippen LogP contribution in [0.5, 0.6) is 5.75 Å². The number of nitrogens with one attached hydrogen (secondary N) is 1. The minimum Gasteiger partial charge on any atom is -0.497 e. The molecule has 5 nitrogen and oxygen atoms in total. The van der Waals surface area contributed by atoms with Crippen LogP contribution in [0.3, 0.4) is 0 Å². The first kappa shape index (κ1) is 18.4. The molecule has 6 heteroatoms. The Morgan fingerprint density at radius 2 is 2.08 bits per heavy atom. The smallest absolute Gasteiger partial charge is 0.131 e. The summed E-state index contributed by atoms with van der Waals surface area (Å²) in [5.41, 5.74) is 1.71. The fourth-order valence-corrected chi connectivity index (χ4v) is 2.62. The molecule has 0 radical (unpaired) electrons. The molecule has 2 rings (SSSR count). The van der Waals surface area contributed by atoms with Gasteiger partial charge in [-0.05, 0) is 12.0 Å². The predicted octanol–water partition coefficient (Wildman–Crippen LogP) is 3.16. The van der Waals surface area contributed by atoms with E-state index in [4.69, 9.17) is 9.47 Å². The highest BCUT2D eigenvalue weighted by atomic mass is 19.1. The summed E-state index contributed by atoms with van der Waals surface area (Å²) in [4.78, 5) is 0. The van der Waals surface area contributed by atoms with E-state index in [1.54, 1.807) is 19.2 Å². The third-order valence-corrected chi connectivity index (χ3v) is 3.95. The molecule has 1 aromatic carbocycles. The Morgan fingerprint density at radius 1 is 1.29 bits per heavy atom. The summed E-state index contributed by atoms with van der Waals surface area (Å²) < 4.78 is 26.3. The molecule has 0 saturated carbocycles. The van der Waals surface area contributed by atoms with Gasteiger partial charge >= 0.3 is 0 Å². The number of halogens is 1. The Labute approximate surface area is 142 Å². The molecule has 1 atom stereocenters. The zero-order valence-electron chi connectivity index (χ0n) is 14.8. The van der Waals surface area contributed by atoms with Gasteiger partial charge in [-0.1, -0.05) is 19.9 Å². The summed E-state index contributed by atoms with van der Waals surface area (Å²) in [6, 6.07) is 4.92. The lowest BCUT2D eigenvalue weighted by Crippen LogP contribution is -2.26. The second-order valence-corrected chi connectivity index (χ2v) is 6.09. The first-order valence-corrected chi connectivity index (χ1v) is 8.12. The lowest BCUT2D eigenvalue weighted by Gasteiger charge is -2.23. The molecule has 132 valence electrons. The molecule has 0 saturated heterocycles. The average Bonchev–Trinajstić information content (AvgIpc) is 3.01. The van der Waals surface area contributed by atoms with Crippen molar-refractivity contribution in [3.63, 3.8) is 0 Å². The standard InChI is InChI=1S/C18H26FN3O2/c1-13(2)18(16-6-5-15(24-4)9-17(16)19)20-10-14-11-21-22(12-14)7-8-23-3/h5-6,9,11-13,18,20H,7-8,10H2,1-4H3. The van der Waals surface area contributed by atoms with Crippen LogP contribution < -0.4 is 10.1 Å². The minimum atomic E-state index is -0.253. The maximum atomic E-state index is 14.4. The van der Waals surface area contributed by atoms with Gasteiger partial charge in [0.15, 0.2) is 0 Å². The molecule has 2 aromatic rings. The van der Waals surface area contributed by atoms with E-state index in [0.717, 1.165) is 12.1 Å². The number of hydrogen-bond donors (Lipinski definition) is 1. The molecule has 24 heavy (non-hydrogen) atoms. The van der Waals surface area contributed by atoms with Crippen molar-refractivity contribution >= 4 is 0 Å². The molecular formula is C18H26FN3O2. The van der Waals surface area contributed by atoms with Gasteiger partial charge in [0.05, 0.1) is 26.5 Å². The third kappa shape index (κ3) is 4.79. The third-order valence-electron chi connectivity index (χ3n) is 3.95. The van der Waals surface area contributed by atoms with Crippen LogP contribution in [0.4, 0.5) is 4.39 Å². The second-order valence-electron chi connectivity index (χ2n) is 6.09. The van der Waals surface area contributed by atoms with E-state index in [-0.39, 0.29) is 17.8 Å². The van der Waals surface area contributed by atoms with Gasteiger partial charge in [0.1, 0.15) is 11.6 Å². The summed E-state index contributed by atoms with van der Waals surface area (Å²) in [6.07, 6.45) is 3.80. The monoisotopic (exact) mass is 335 g/mol. The van der Waals surface area contributed by atoms with Crippen molar-refractivity contribution in [3.05, 3.63) is 47.5 Å². The van der Waals surface area contributed by atoms with E-state index in [9.17, 15) is 4.39 Å². The zero-order chi connectivity index (χ0) is 17.5. The largest absolute Gasteiger partial charge is 0.497 e. The molecule has 0 aliphatic carbocycles. The van der Waals surface area contributed by atoms with E-state index in [0.29, 0.717) is 24.5 Å². The van der Waals surface area contributed by atoms with E-state index < -0.39 is 0 Å². The van der Waals surface area contributed by atoms with E-state index in [2.05, 4.69) is 24.3 Å². The van der Waals surface area contributed by atoms with Crippen molar-refractivity contribution in [2.75, 3.05) is 20.8 Å². The number of benzene rings is 1. The molecule has 0 fully saturated rings. The van der Waals surface area contributed by atoms with Gasteiger partial charge in [-0.15, -0.1) is 0 Å². The summed E-state index contributed by atoms with van der Waals surface area (Å²) in [7, 11) is 3.20. The van der Waals surface area contributed by atoms with E-state index >= 15 is 0 Å². The summed E-state index contributed by atoms with van der Waals surface area (Å²) in [6.45, 7) is 6.12. The summed E-state index contributed by atoms with van der Waals surface area (Å²) in [5.74, 6) is 0.519. The summed E-state index contributed by atoms with van der Waals surface area (Å²) in [5, 5.41) is 7.73. The highest BCUT2D eigenvalue weighted by Gasteiger charge is 2.19. The van der Waals surface area contributed by atoms with Crippen molar-refractivity contribution in [2.24, 2.45) is 5.92 Å². The lowest BCUT2D eigenvalue weighted by atomic mass is 9.95. The van der Waals surface area contributed by atoms with Gasteiger partial charge in [0, 0.05) is 43.1 Å². The number of hydrogen-bond acceptors (Lipinski definition) is 4. The zero-order valence-corrected chi connectivity index (χ0v) is 14.8. The quantitative estimate of drug-likeness (QED) is 0.765. The van der Waals surface area contributed by atoms with E-state index in [1.807, 2.05) is 17.1 Å². The van der Waals surface area contributed by atoms with Gasteiger partial charge in [-0.3, -0.25) is 4.68 Å². The van der Waals surface area contributed by atoms with Crippen molar-refractivity contribution in [1.29, 1.82) is 0 Å². The molecule has 1 unspecified atom stereocenters. The van der Waals surface area contributed by atoms with Crippen LogP contribution in [0.1, 0.15) is 31.0 Å². The molecule has 0 spiro atoms. The number of ether oxygens (including phenoxy) is 2. The fourth-order valence-electron chi connectivity index (χ4n) is 2.62. The van der Waals surface area contributed by atoms with Crippen LogP contribution in [0.25, 0.3) is 0 Å². The van der Waals surface area contributed by atoms with Gasteiger partial charge in [-0.25, -0.2) is 4.39 Å². The van der Waals surface area contributed by atoms with Crippen molar-refractivity contribution in [2.45, 2.75) is 33.0 Å². The Hall–Kier alpha value is -1.92. The number of nitrogens with zero attached hydrogens (tertiary/aromatic N) is 2. The van der Waals surface area contributed by atoms with Gasteiger partial charge in [0.25, 0.3) is 0 Å². The number of methoxy groups -OCH3 is 2. The molecule has 0 bridgehead atoms. The molecule has 0 aliphatic rings. The SMILES string of the molecule is COCCn1cc(CNC(c2ccc(OC)cc2F)C(C)C)cn1. The van der Waals surface area contributed by atoms with Crippen molar-refractivity contribution in [1.82, 2.24) is 15.1 Å². The Balaban J connectivity index is 2.05. The molecule has 1 N–H and O–H groups in total. The Bertz CT molecular complexity index is 643. The Morgan fingerprint density at radius 3 is 2.71 bits per heavy atom. The van der Waals surface area contributed by atoms with Gasteiger partial charge in [-0.2, -0.15) is 5.10 Å². The molecule has 0 aliphatic heterocycles. The van der Waals surface area contributed by atoms with Crippen LogP contribution in [-0.4, -0.2) is 30.6 Å². The van der Waals surface area contributed by atoms with Crippen LogP contribution in [0.15, 0.2) is 30.6 Å². The maximum absolute atomic E-state index is 14.4. The van der Waals surface area contributed by atoms with Crippen LogP contribution in [-0.2, 0) is 17.8 Å². The topological polar surface area (TPSA) is 48.3 Å². The highest BCUT2D eigenvalue weighted by Crippen LogP contribution is 2.27.